The van der Waals surface area contributed by atoms with Crippen molar-refractivity contribution in [3.8, 4) is 0 Å². The zero-order valence-electron chi connectivity index (χ0n) is 13.7. The van der Waals surface area contributed by atoms with Crippen LogP contribution in [0.3, 0.4) is 0 Å². The Morgan fingerprint density at radius 1 is 1.00 bits per heavy atom. The lowest BCUT2D eigenvalue weighted by atomic mass is 9.90. The maximum Gasteiger partial charge on any atom is 0.0908 e. The molecule has 0 aromatic heterocycles. The van der Waals surface area contributed by atoms with E-state index in [9.17, 15) is 0 Å². The molecule has 1 nitrogen and oxygen atoms in total. The molecule has 0 aliphatic rings. The van der Waals surface area contributed by atoms with Crippen LogP contribution < -0.4 is 4.90 Å². The smallest absolute Gasteiger partial charge is 0.0908 e. The maximum absolute atomic E-state index is 5.84. The lowest BCUT2D eigenvalue weighted by Gasteiger charge is -2.19. The highest BCUT2D eigenvalue weighted by atomic mass is 35.5. The summed E-state index contributed by atoms with van der Waals surface area (Å²) in [6, 6.07) is 6.66. The summed E-state index contributed by atoms with van der Waals surface area (Å²) in [5, 5.41) is 0. The third kappa shape index (κ3) is 6.59. The van der Waals surface area contributed by atoms with E-state index in [1.807, 2.05) is 0 Å². The van der Waals surface area contributed by atoms with E-state index in [1.54, 1.807) is 4.90 Å². The molecular formula is C18H30Cl2N+. The molecule has 0 spiro atoms. The van der Waals surface area contributed by atoms with Crippen molar-refractivity contribution in [1.29, 1.82) is 0 Å². The summed E-state index contributed by atoms with van der Waals surface area (Å²) in [6.45, 7) is 10.0. The van der Waals surface area contributed by atoms with Gasteiger partial charge in [-0.05, 0) is 55.7 Å². The Bertz CT molecular complexity index is 400. The fourth-order valence-corrected chi connectivity index (χ4v) is 3.47. The first-order valence-electron chi connectivity index (χ1n) is 8.11. The zero-order chi connectivity index (χ0) is 15.7. The predicted octanol–water partition coefficient (Wildman–Crippen LogP) is 3.94. The van der Waals surface area contributed by atoms with E-state index in [-0.39, 0.29) is 0 Å². The van der Waals surface area contributed by atoms with Gasteiger partial charge in [0.15, 0.2) is 0 Å². The van der Waals surface area contributed by atoms with Crippen molar-refractivity contribution in [1.82, 2.24) is 0 Å². The maximum atomic E-state index is 5.84. The highest BCUT2D eigenvalue weighted by molar-refractivity contribution is 6.18. The number of rotatable bonds is 10. The molecule has 1 aromatic carbocycles. The Balaban J connectivity index is 2.36. The zero-order valence-corrected chi connectivity index (χ0v) is 15.2. The van der Waals surface area contributed by atoms with Crippen LogP contribution in [-0.4, -0.2) is 31.4 Å². The minimum absolute atomic E-state index is 0.648. The predicted molar refractivity (Wildman–Crippen MR) is 95.2 cm³/mol. The number of unbranched alkanes of at least 4 members (excludes halogenated alkanes) is 1. The second-order valence-corrected chi connectivity index (χ2v) is 6.82. The summed E-state index contributed by atoms with van der Waals surface area (Å²) in [6.07, 6.45) is 3.81. The van der Waals surface area contributed by atoms with Gasteiger partial charge in [-0.2, -0.15) is 0 Å². The Kier molecular flexibility index (Phi) is 9.39. The molecule has 0 aliphatic heterocycles. The van der Waals surface area contributed by atoms with Crippen LogP contribution in [0.25, 0.3) is 0 Å². The number of benzene rings is 1. The summed E-state index contributed by atoms with van der Waals surface area (Å²) in [4.78, 5) is 1.54. The molecular weight excluding hydrogens is 301 g/mol. The quantitative estimate of drug-likeness (QED) is 0.489. The molecule has 0 unspecified atom stereocenters. The van der Waals surface area contributed by atoms with Crippen molar-refractivity contribution in [2.75, 3.05) is 31.4 Å². The molecule has 1 atom stereocenters. The van der Waals surface area contributed by atoms with Crippen LogP contribution in [0, 0.1) is 13.8 Å². The molecule has 0 aliphatic carbocycles. The van der Waals surface area contributed by atoms with E-state index < -0.39 is 0 Å². The van der Waals surface area contributed by atoms with Crippen LogP contribution in [0.1, 0.15) is 48.8 Å². The summed E-state index contributed by atoms with van der Waals surface area (Å²) in [5.74, 6) is 2.10. The van der Waals surface area contributed by atoms with Gasteiger partial charge < -0.3 is 4.90 Å². The molecule has 0 fully saturated rings. The third-order valence-corrected chi connectivity index (χ3v) is 4.87. The van der Waals surface area contributed by atoms with Gasteiger partial charge in [-0.15, -0.1) is 23.2 Å². The van der Waals surface area contributed by atoms with E-state index in [0.29, 0.717) is 5.92 Å². The van der Waals surface area contributed by atoms with Gasteiger partial charge in [0.25, 0.3) is 0 Å². The van der Waals surface area contributed by atoms with Gasteiger partial charge in [-0.25, -0.2) is 0 Å². The summed E-state index contributed by atoms with van der Waals surface area (Å²) in [5.41, 5.74) is 4.38. The van der Waals surface area contributed by atoms with Gasteiger partial charge in [-0.1, -0.05) is 25.1 Å². The van der Waals surface area contributed by atoms with Crippen LogP contribution >= 0.6 is 23.2 Å². The molecule has 120 valence electrons. The third-order valence-electron chi connectivity index (χ3n) is 4.49. The van der Waals surface area contributed by atoms with Gasteiger partial charge >= 0.3 is 0 Å². The number of halogens is 2. The van der Waals surface area contributed by atoms with Crippen LogP contribution in [0.2, 0.25) is 0 Å². The second kappa shape index (κ2) is 10.5. The Morgan fingerprint density at radius 3 is 2.29 bits per heavy atom. The van der Waals surface area contributed by atoms with E-state index in [2.05, 4.69) is 39.0 Å². The number of alkyl halides is 2. The largest absolute Gasteiger partial charge is 0.333 e. The normalized spacial score (nSPS) is 12.9. The molecule has 0 saturated carbocycles. The molecule has 21 heavy (non-hydrogen) atoms. The standard InChI is InChI=1S/C18H29Cl2N/c1-15-8-6-9-18(17(15)3)16(2)7-4-5-12-21(13-10-19)14-11-20/h6,8-9,16H,4-5,7,10-14H2,1-3H3/p+1/t16-/m0/s1. The monoisotopic (exact) mass is 330 g/mol. The van der Waals surface area contributed by atoms with Crippen LogP contribution in [0.5, 0.6) is 0 Å². The van der Waals surface area contributed by atoms with Gasteiger partial charge in [-0.3, -0.25) is 0 Å². The van der Waals surface area contributed by atoms with Gasteiger partial charge in [0.2, 0.25) is 0 Å². The van der Waals surface area contributed by atoms with Gasteiger partial charge in [0, 0.05) is 0 Å². The van der Waals surface area contributed by atoms with Crippen LogP contribution in [0.4, 0.5) is 0 Å². The average molecular weight is 331 g/mol. The topological polar surface area (TPSA) is 4.44 Å². The van der Waals surface area contributed by atoms with Crippen molar-refractivity contribution in [3.63, 3.8) is 0 Å². The van der Waals surface area contributed by atoms with Crippen molar-refractivity contribution in [2.45, 2.75) is 46.0 Å². The minimum Gasteiger partial charge on any atom is -0.333 e. The minimum atomic E-state index is 0.648. The van der Waals surface area contributed by atoms with Gasteiger partial charge in [0.05, 0.1) is 31.4 Å². The van der Waals surface area contributed by atoms with Crippen LogP contribution in [-0.2, 0) is 0 Å². The highest BCUT2D eigenvalue weighted by Gasteiger charge is 2.11. The van der Waals surface area contributed by atoms with Crippen molar-refractivity contribution in [3.05, 3.63) is 34.9 Å². The Morgan fingerprint density at radius 2 is 1.67 bits per heavy atom. The Labute approximate surface area is 140 Å². The molecule has 0 amide bonds. The molecule has 3 heteroatoms. The molecule has 0 bridgehead atoms. The fraction of sp³-hybridized carbons (Fsp3) is 0.667. The van der Waals surface area contributed by atoms with Crippen LogP contribution in [0.15, 0.2) is 18.2 Å². The number of nitrogens with one attached hydrogen (secondary N) is 1. The average Bonchev–Trinajstić information content (AvgIpc) is 2.46. The molecule has 1 rings (SSSR count). The van der Waals surface area contributed by atoms with Crippen molar-refractivity contribution < 1.29 is 4.90 Å². The lowest BCUT2D eigenvalue weighted by molar-refractivity contribution is -0.895. The fourth-order valence-electron chi connectivity index (χ4n) is 2.93. The highest BCUT2D eigenvalue weighted by Crippen LogP contribution is 2.25. The summed E-state index contributed by atoms with van der Waals surface area (Å²) in [7, 11) is 0. The molecule has 1 aromatic rings. The van der Waals surface area contributed by atoms with Crippen molar-refractivity contribution >= 4 is 23.2 Å². The SMILES string of the molecule is Cc1cccc([C@@H](C)CCCC[NH+](CCCl)CCCl)c1C. The molecule has 0 saturated heterocycles. The van der Waals surface area contributed by atoms with E-state index in [0.717, 1.165) is 24.8 Å². The first-order valence-corrected chi connectivity index (χ1v) is 9.18. The number of hydrogen-bond acceptors (Lipinski definition) is 0. The molecule has 0 heterocycles. The Hall–Kier alpha value is -0.240. The van der Waals surface area contributed by atoms with Crippen molar-refractivity contribution in [2.24, 2.45) is 0 Å². The number of hydrogen-bond donors (Lipinski definition) is 1. The lowest BCUT2D eigenvalue weighted by Crippen LogP contribution is -3.12. The number of quaternary nitrogens is 1. The molecule has 0 radical (unpaired) electrons. The number of aryl methyl sites for hydroxylation is 1. The molecule has 1 N–H and O–H groups in total. The summed E-state index contributed by atoms with van der Waals surface area (Å²) < 4.78 is 0. The summed E-state index contributed by atoms with van der Waals surface area (Å²) >= 11 is 11.7. The first kappa shape index (κ1) is 18.8. The van der Waals surface area contributed by atoms with E-state index >= 15 is 0 Å². The van der Waals surface area contributed by atoms with E-state index in [1.165, 1.54) is 42.5 Å². The van der Waals surface area contributed by atoms with E-state index in [4.69, 9.17) is 23.2 Å². The first-order chi connectivity index (χ1) is 10.1. The van der Waals surface area contributed by atoms with Gasteiger partial charge in [0.1, 0.15) is 0 Å². The second-order valence-electron chi connectivity index (χ2n) is 6.06.